The quantitative estimate of drug-likeness (QED) is 0.784. The average molecular weight is 302 g/mol. The van der Waals surface area contributed by atoms with Gasteiger partial charge in [0.1, 0.15) is 6.07 Å². The molecule has 0 aliphatic rings. The number of benzene rings is 1. The van der Waals surface area contributed by atoms with Crippen molar-refractivity contribution in [2.75, 3.05) is 25.1 Å². The summed E-state index contributed by atoms with van der Waals surface area (Å²) in [4.78, 5) is 0. The van der Waals surface area contributed by atoms with Gasteiger partial charge in [0.25, 0.3) is 0 Å². The number of ether oxygens (including phenoxy) is 2. The summed E-state index contributed by atoms with van der Waals surface area (Å²) in [6.07, 6.45) is -4.99. The molecule has 21 heavy (non-hydrogen) atoms. The molecule has 0 atom stereocenters. The molecule has 0 amide bonds. The van der Waals surface area contributed by atoms with Crippen molar-refractivity contribution in [2.45, 2.75) is 26.3 Å². The Morgan fingerprint density at radius 2 is 1.86 bits per heavy atom. The third kappa shape index (κ3) is 5.25. The van der Waals surface area contributed by atoms with E-state index in [-0.39, 0.29) is 12.1 Å². The van der Waals surface area contributed by atoms with E-state index in [0.717, 1.165) is 12.1 Å². The van der Waals surface area contributed by atoms with Gasteiger partial charge in [-0.3, -0.25) is 0 Å². The average Bonchev–Trinajstić information content (AvgIpc) is 2.44. The Morgan fingerprint density at radius 1 is 1.24 bits per heavy atom. The Bertz CT molecular complexity index is 492. The first-order chi connectivity index (χ1) is 9.92. The van der Waals surface area contributed by atoms with E-state index in [1.807, 2.05) is 13.8 Å². The highest BCUT2D eigenvalue weighted by Crippen LogP contribution is 2.31. The van der Waals surface area contributed by atoms with Crippen LogP contribution in [0.25, 0.3) is 0 Å². The lowest BCUT2D eigenvalue weighted by Gasteiger charge is -2.19. The van der Waals surface area contributed by atoms with Gasteiger partial charge < -0.3 is 14.8 Å². The van der Waals surface area contributed by atoms with Crippen LogP contribution in [-0.4, -0.2) is 26.0 Å². The van der Waals surface area contributed by atoms with E-state index in [2.05, 4.69) is 5.32 Å². The van der Waals surface area contributed by atoms with Gasteiger partial charge >= 0.3 is 6.18 Å². The molecule has 0 spiro atoms. The van der Waals surface area contributed by atoms with Crippen molar-refractivity contribution in [3.8, 4) is 6.07 Å². The number of alkyl halides is 3. The maximum absolute atomic E-state index is 12.6. The number of nitriles is 1. The largest absolute Gasteiger partial charge is 0.416 e. The second kappa shape index (κ2) is 7.86. The fraction of sp³-hybridized carbons (Fsp3) is 0.500. The summed E-state index contributed by atoms with van der Waals surface area (Å²) >= 11 is 0. The lowest BCUT2D eigenvalue weighted by molar-refractivity contribution is -0.137. The number of nitrogens with one attached hydrogen (secondary N) is 1. The van der Waals surface area contributed by atoms with Gasteiger partial charge in [-0.2, -0.15) is 18.4 Å². The first kappa shape index (κ1) is 17.3. The molecule has 4 nitrogen and oxygen atoms in total. The zero-order valence-corrected chi connectivity index (χ0v) is 11.8. The van der Waals surface area contributed by atoms with E-state index in [1.54, 1.807) is 6.07 Å². The molecule has 0 radical (unpaired) electrons. The van der Waals surface area contributed by atoms with Crippen LogP contribution in [0.2, 0.25) is 0 Å². The molecule has 0 aliphatic heterocycles. The number of rotatable bonds is 7. The highest BCUT2D eigenvalue weighted by molar-refractivity contribution is 5.59. The van der Waals surface area contributed by atoms with Gasteiger partial charge in [0.2, 0.25) is 0 Å². The predicted molar refractivity (Wildman–Crippen MR) is 71.7 cm³/mol. The van der Waals surface area contributed by atoms with Gasteiger partial charge in [-0.05, 0) is 32.0 Å². The third-order valence-corrected chi connectivity index (χ3v) is 2.63. The van der Waals surface area contributed by atoms with E-state index < -0.39 is 18.0 Å². The Hall–Kier alpha value is -1.78. The fourth-order valence-electron chi connectivity index (χ4n) is 1.70. The SMILES string of the molecule is CCOC(CNc1ccc(C(F)(F)F)cc1C#N)OCC. The smallest absolute Gasteiger partial charge is 0.379 e. The van der Waals surface area contributed by atoms with Gasteiger partial charge in [-0.25, -0.2) is 0 Å². The minimum absolute atomic E-state index is 0.0726. The van der Waals surface area contributed by atoms with Crippen LogP contribution >= 0.6 is 0 Å². The highest BCUT2D eigenvalue weighted by Gasteiger charge is 2.31. The molecular formula is C14H17F3N2O2. The van der Waals surface area contributed by atoms with Crippen molar-refractivity contribution in [3.05, 3.63) is 29.3 Å². The number of anilines is 1. The summed E-state index contributed by atoms with van der Waals surface area (Å²) in [7, 11) is 0. The summed E-state index contributed by atoms with van der Waals surface area (Å²) in [5, 5.41) is 11.8. The Balaban J connectivity index is 2.82. The molecule has 0 aliphatic carbocycles. The van der Waals surface area contributed by atoms with Crippen molar-refractivity contribution >= 4 is 5.69 Å². The van der Waals surface area contributed by atoms with Crippen LogP contribution in [0.4, 0.5) is 18.9 Å². The number of halogens is 3. The molecule has 1 N–H and O–H groups in total. The number of hydrogen-bond donors (Lipinski definition) is 1. The molecule has 1 aromatic carbocycles. The number of hydrogen-bond acceptors (Lipinski definition) is 4. The van der Waals surface area contributed by atoms with Gasteiger partial charge in [0.05, 0.1) is 23.4 Å². The van der Waals surface area contributed by atoms with E-state index in [4.69, 9.17) is 14.7 Å². The van der Waals surface area contributed by atoms with Crippen LogP contribution in [0.3, 0.4) is 0 Å². The first-order valence-corrected chi connectivity index (χ1v) is 6.50. The summed E-state index contributed by atoms with van der Waals surface area (Å²) < 4.78 is 48.4. The summed E-state index contributed by atoms with van der Waals surface area (Å²) in [6, 6.07) is 4.73. The Morgan fingerprint density at radius 3 is 2.33 bits per heavy atom. The standard InChI is InChI=1S/C14H17F3N2O2/c1-3-20-13(21-4-2)9-19-12-6-5-11(14(15,16)17)7-10(12)8-18/h5-7,13,19H,3-4,9H2,1-2H3. The highest BCUT2D eigenvalue weighted by atomic mass is 19.4. The van der Waals surface area contributed by atoms with E-state index in [1.165, 1.54) is 6.07 Å². The zero-order chi connectivity index (χ0) is 15.9. The molecule has 0 saturated carbocycles. The topological polar surface area (TPSA) is 54.3 Å². The summed E-state index contributed by atoms with van der Waals surface area (Å²) in [6.45, 7) is 4.76. The second-order valence-electron chi connectivity index (χ2n) is 4.09. The predicted octanol–water partition coefficient (Wildman–Crippen LogP) is 3.39. The molecule has 1 aromatic rings. The van der Waals surface area contributed by atoms with Crippen LogP contribution in [-0.2, 0) is 15.7 Å². The van der Waals surface area contributed by atoms with Gasteiger partial charge in [0.15, 0.2) is 6.29 Å². The van der Waals surface area contributed by atoms with Crippen molar-refractivity contribution in [2.24, 2.45) is 0 Å². The maximum Gasteiger partial charge on any atom is 0.416 e. The molecular weight excluding hydrogens is 285 g/mol. The van der Waals surface area contributed by atoms with Gasteiger partial charge in [-0.15, -0.1) is 0 Å². The molecule has 0 heterocycles. The summed E-state index contributed by atoms with van der Waals surface area (Å²) in [5.74, 6) is 0. The summed E-state index contributed by atoms with van der Waals surface area (Å²) in [5.41, 5.74) is -0.609. The molecule has 0 bridgehead atoms. The van der Waals surface area contributed by atoms with E-state index >= 15 is 0 Å². The van der Waals surface area contributed by atoms with Crippen LogP contribution in [0.1, 0.15) is 25.0 Å². The monoisotopic (exact) mass is 302 g/mol. The molecule has 0 fully saturated rings. The molecule has 0 unspecified atom stereocenters. The van der Waals surface area contributed by atoms with Crippen LogP contribution < -0.4 is 5.32 Å². The van der Waals surface area contributed by atoms with Crippen LogP contribution in [0.15, 0.2) is 18.2 Å². The lowest BCUT2D eigenvalue weighted by Crippen LogP contribution is -2.26. The molecule has 0 saturated heterocycles. The van der Waals surface area contributed by atoms with E-state index in [0.29, 0.717) is 18.9 Å². The maximum atomic E-state index is 12.6. The Labute approximate surface area is 121 Å². The minimum Gasteiger partial charge on any atom is -0.379 e. The fourth-order valence-corrected chi connectivity index (χ4v) is 1.70. The van der Waals surface area contributed by atoms with Crippen LogP contribution in [0.5, 0.6) is 0 Å². The molecule has 7 heteroatoms. The van der Waals surface area contributed by atoms with Gasteiger partial charge in [-0.1, -0.05) is 0 Å². The molecule has 1 rings (SSSR count). The second-order valence-corrected chi connectivity index (χ2v) is 4.09. The van der Waals surface area contributed by atoms with Crippen molar-refractivity contribution in [1.82, 2.24) is 0 Å². The van der Waals surface area contributed by atoms with Crippen molar-refractivity contribution in [1.29, 1.82) is 5.26 Å². The lowest BCUT2D eigenvalue weighted by atomic mass is 10.1. The third-order valence-electron chi connectivity index (χ3n) is 2.63. The first-order valence-electron chi connectivity index (χ1n) is 6.50. The van der Waals surface area contributed by atoms with Gasteiger partial charge in [0, 0.05) is 13.2 Å². The minimum atomic E-state index is -4.47. The molecule has 0 aromatic heterocycles. The van der Waals surface area contributed by atoms with E-state index in [9.17, 15) is 13.2 Å². The van der Waals surface area contributed by atoms with Crippen molar-refractivity contribution in [3.63, 3.8) is 0 Å². The van der Waals surface area contributed by atoms with Crippen molar-refractivity contribution < 1.29 is 22.6 Å². The normalized spacial score (nSPS) is 11.5. The zero-order valence-electron chi connectivity index (χ0n) is 11.8. The molecule has 116 valence electrons. The Kier molecular flexibility index (Phi) is 6.46. The number of nitrogens with zero attached hydrogens (tertiary/aromatic N) is 1. The van der Waals surface area contributed by atoms with Crippen LogP contribution in [0, 0.1) is 11.3 Å².